The average Bonchev–Trinajstić information content (AvgIpc) is 2.67. The van der Waals surface area contributed by atoms with E-state index in [0.717, 1.165) is 6.42 Å². The summed E-state index contributed by atoms with van der Waals surface area (Å²) in [6.45, 7) is 0.638. The Balaban J connectivity index is 1.90. The minimum absolute atomic E-state index is 0.188. The number of sulfone groups is 1. The lowest BCUT2D eigenvalue weighted by Crippen LogP contribution is -2.16. The van der Waals surface area contributed by atoms with Gasteiger partial charge in [0.25, 0.3) is 0 Å². The molecule has 1 fully saturated rings. The van der Waals surface area contributed by atoms with Gasteiger partial charge in [0.15, 0.2) is 9.84 Å². The summed E-state index contributed by atoms with van der Waals surface area (Å²) in [5.74, 6) is 2.05. The molecule has 2 heterocycles. The Bertz CT molecular complexity index is 487. The van der Waals surface area contributed by atoms with E-state index in [-0.39, 0.29) is 11.7 Å². The summed E-state index contributed by atoms with van der Waals surface area (Å²) in [6.07, 6.45) is 0.735. The maximum atomic E-state index is 11.3. The third-order valence-electron chi connectivity index (χ3n) is 2.83. The van der Waals surface area contributed by atoms with Gasteiger partial charge in [0.05, 0.1) is 18.6 Å². The van der Waals surface area contributed by atoms with Crippen molar-refractivity contribution in [3.8, 4) is 5.88 Å². The molecule has 0 aliphatic carbocycles. The molecule has 0 saturated carbocycles. The summed E-state index contributed by atoms with van der Waals surface area (Å²) >= 11 is 0. The van der Waals surface area contributed by atoms with Crippen LogP contribution in [-0.4, -0.2) is 38.6 Å². The smallest absolute Gasteiger partial charge is 0.214 e. The molecule has 0 spiro atoms. The zero-order valence-corrected chi connectivity index (χ0v) is 10.5. The van der Waals surface area contributed by atoms with E-state index in [1.807, 2.05) is 12.1 Å². The second-order valence-electron chi connectivity index (χ2n) is 4.22. The molecule has 1 aliphatic rings. The fraction of sp³-hybridized carbons (Fsp3) is 0.545. The lowest BCUT2D eigenvalue weighted by molar-refractivity contribution is 0.398. The predicted octanol–water partition coefficient (Wildman–Crippen LogP) is 0.937. The van der Waals surface area contributed by atoms with E-state index in [2.05, 4.69) is 10.3 Å². The number of nitrogens with one attached hydrogen (secondary N) is 1. The number of anilines is 1. The Morgan fingerprint density at radius 1 is 1.53 bits per heavy atom. The van der Waals surface area contributed by atoms with Crippen molar-refractivity contribution in [3.05, 3.63) is 18.2 Å². The summed E-state index contributed by atoms with van der Waals surface area (Å²) in [5.41, 5.74) is 0. The van der Waals surface area contributed by atoms with Crippen LogP contribution < -0.4 is 10.1 Å². The van der Waals surface area contributed by atoms with E-state index in [4.69, 9.17) is 4.74 Å². The fourth-order valence-electron chi connectivity index (χ4n) is 1.91. The average molecular weight is 256 g/mol. The first-order valence-corrected chi connectivity index (χ1v) is 7.36. The molecular formula is C11H16N2O3S. The number of rotatable bonds is 4. The minimum atomic E-state index is -2.80. The summed E-state index contributed by atoms with van der Waals surface area (Å²) in [5, 5.41) is 3.14. The predicted molar refractivity (Wildman–Crippen MR) is 66.0 cm³/mol. The number of pyridine rings is 1. The number of hydrogen-bond acceptors (Lipinski definition) is 5. The Kier molecular flexibility index (Phi) is 3.51. The van der Waals surface area contributed by atoms with Crippen LogP contribution >= 0.6 is 0 Å². The van der Waals surface area contributed by atoms with E-state index in [1.165, 1.54) is 0 Å². The van der Waals surface area contributed by atoms with E-state index >= 15 is 0 Å². The van der Waals surface area contributed by atoms with Gasteiger partial charge in [-0.05, 0) is 18.4 Å². The van der Waals surface area contributed by atoms with Crippen LogP contribution in [0.2, 0.25) is 0 Å². The van der Waals surface area contributed by atoms with Gasteiger partial charge < -0.3 is 10.1 Å². The molecule has 1 saturated heterocycles. The maximum absolute atomic E-state index is 11.3. The molecule has 1 aromatic heterocycles. The zero-order valence-electron chi connectivity index (χ0n) is 9.72. The van der Waals surface area contributed by atoms with Gasteiger partial charge >= 0.3 is 0 Å². The van der Waals surface area contributed by atoms with Crippen molar-refractivity contribution in [2.75, 3.05) is 30.5 Å². The molecule has 1 unspecified atom stereocenters. The van der Waals surface area contributed by atoms with Crippen molar-refractivity contribution in [2.24, 2.45) is 5.92 Å². The SMILES string of the molecule is COc1cccc(NCC2CCS(=O)(=O)C2)n1. The summed E-state index contributed by atoms with van der Waals surface area (Å²) in [6, 6.07) is 5.46. The van der Waals surface area contributed by atoms with Crippen molar-refractivity contribution >= 4 is 15.7 Å². The normalized spacial score (nSPS) is 22.3. The number of aromatic nitrogens is 1. The van der Waals surface area contributed by atoms with Crippen molar-refractivity contribution in [3.63, 3.8) is 0 Å². The minimum Gasteiger partial charge on any atom is -0.481 e. The summed E-state index contributed by atoms with van der Waals surface area (Å²) in [4.78, 5) is 4.21. The molecule has 1 N–H and O–H groups in total. The lowest BCUT2D eigenvalue weighted by atomic mass is 10.1. The molecule has 0 amide bonds. The molecule has 6 heteroatoms. The van der Waals surface area contributed by atoms with E-state index in [9.17, 15) is 8.42 Å². The van der Waals surface area contributed by atoms with Gasteiger partial charge in [-0.3, -0.25) is 0 Å². The van der Waals surface area contributed by atoms with Crippen LogP contribution in [0.15, 0.2) is 18.2 Å². The topological polar surface area (TPSA) is 68.3 Å². The highest BCUT2D eigenvalue weighted by atomic mass is 32.2. The Morgan fingerprint density at radius 2 is 2.35 bits per heavy atom. The third kappa shape index (κ3) is 3.33. The molecule has 1 atom stereocenters. The highest BCUT2D eigenvalue weighted by Gasteiger charge is 2.27. The highest BCUT2D eigenvalue weighted by molar-refractivity contribution is 7.91. The van der Waals surface area contributed by atoms with Gasteiger partial charge in [-0.25, -0.2) is 8.42 Å². The molecule has 5 nitrogen and oxygen atoms in total. The summed E-state index contributed by atoms with van der Waals surface area (Å²) in [7, 11) is -1.23. The fourth-order valence-corrected chi connectivity index (χ4v) is 3.77. The molecule has 17 heavy (non-hydrogen) atoms. The molecule has 0 aromatic carbocycles. The van der Waals surface area contributed by atoms with Crippen molar-refractivity contribution in [2.45, 2.75) is 6.42 Å². The van der Waals surface area contributed by atoms with Gasteiger partial charge in [0, 0.05) is 12.6 Å². The molecule has 0 bridgehead atoms. The first-order valence-electron chi connectivity index (χ1n) is 5.54. The van der Waals surface area contributed by atoms with Crippen LogP contribution in [0.3, 0.4) is 0 Å². The first-order chi connectivity index (χ1) is 8.09. The van der Waals surface area contributed by atoms with Crippen LogP contribution in [-0.2, 0) is 9.84 Å². The zero-order chi connectivity index (χ0) is 12.3. The number of nitrogens with zero attached hydrogens (tertiary/aromatic N) is 1. The summed E-state index contributed by atoms with van der Waals surface area (Å²) < 4.78 is 27.6. The third-order valence-corrected chi connectivity index (χ3v) is 4.67. The Morgan fingerprint density at radius 3 is 3.00 bits per heavy atom. The van der Waals surface area contributed by atoms with Crippen LogP contribution in [0.5, 0.6) is 5.88 Å². The quantitative estimate of drug-likeness (QED) is 0.868. The highest BCUT2D eigenvalue weighted by Crippen LogP contribution is 2.19. The van der Waals surface area contributed by atoms with E-state index in [0.29, 0.717) is 24.0 Å². The van der Waals surface area contributed by atoms with Gasteiger partial charge in [0.1, 0.15) is 5.82 Å². The second-order valence-corrected chi connectivity index (χ2v) is 6.44. The monoisotopic (exact) mass is 256 g/mol. The van der Waals surface area contributed by atoms with Crippen molar-refractivity contribution in [1.82, 2.24) is 4.98 Å². The molecular weight excluding hydrogens is 240 g/mol. The van der Waals surface area contributed by atoms with Crippen LogP contribution in [0, 0.1) is 5.92 Å². The second kappa shape index (κ2) is 4.91. The van der Waals surface area contributed by atoms with Crippen LogP contribution in [0.1, 0.15) is 6.42 Å². The molecule has 1 aromatic rings. The van der Waals surface area contributed by atoms with Crippen molar-refractivity contribution < 1.29 is 13.2 Å². The Hall–Kier alpha value is -1.30. The van der Waals surface area contributed by atoms with E-state index < -0.39 is 9.84 Å². The molecule has 1 aliphatic heterocycles. The van der Waals surface area contributed by atoms with Gasteiger partial charge in [-0.15, -0.1) is 0 Å². The van der Waals surface area contributed by atoms with Gasteiger partial charge in [-0.1, -0.05) is 6.07 Å². The van der Waals surface area contributed by atoms with E-state index in [1.54, 1.807) is 13.2 Å². The molecule has 0 radical (unpaired) electrons. The molecule has 2 rings (SSSR count). The van der Waals surface area contributed by atoms with Crippen LogP contribution in [0.4, 0.5) is 5.82 Å². The lowest BCUT2D eigenvalue weighted by Gasteiger charge is -2.10. The first kappa shape index (κ1) is 12.2. The van der Waals surface area contributed by atoms with Crippen LogP contribution in [0.25, 0.3) is 0 Å². The van der Waals surface area contributed by atoms with Crippen molar-refractivity contribution in [1.29, 1.82) is 0 Å². The largest absolute Gasteiger partial charge is 0.481 e. The molecule has 94 valence electrons. The Labute approximate surface area is 101 Å². The maximum Gasteiger partial charge on any atom is 0.214 e. The number of methoxy groups -OCH3 is 1. The standard InChI is InChI=1S/C11H16N2O3S/c1-16-11-4-2-3-10(13-11)12-7-9-5-6-17(14,15)8-9/h2-4,9H,5-8H2,1H3,(H,12,13). The van der Waals surface area contributed by atoms with Gasteiger partial charge in [-0.2, -0.15) is 4.98 Å². The number of ether oxygens (including phenoxy) is 1. The van der Waals surface area contributed by atoms with Gasteiger partial charge in [0.2, 0.25) is 5.88 Å². The number of hydrogen-bond donors (Lipinski definition) is 1.